The Morgan fingerprint density at radius 2 is 1.78 bits per heavy atom. The first kappa shape index (κ1) is 22.1. The normalized spacial score (nSPS) is 18.4. The number of hydrogen-bond acceptors (Lipinski definition) is 1. The van der Waals surface area contributed by atoms with Crippen LogP contribution in [0.1, 0.15) is 90.2 Å². The molecule has 1 aliphatic carbocycles. The summed E-state index contributed by atoms with van der Waals surface area (Å²) in [5.74, 6) is 3.67. The molecule has 1 aromatic carbocycles. The van der Waals surface area contributed by atoms with Gasteiger partial charge in [-0.25, -0.2) is 0 Å². The minimum atomic E-state index is 0.737. The number of aryl methyl sites for hydroxylation is 1. The topological polar surface area (TPSA) is 9.23 Å². The zero-order valence-corrected chi connectivity index (χ0v) is 18.3. The van der Waals surface area contributed by atoms with Gasteiger partial charge in [0.25, 0.3) is 0 Å². The van der Waals surface area contributed by atoms with E-state index in [0.717, 1.165) is 30.8 Å². The van der Waals surface area contributed by atoms with Gasteiger partial charge in [-0.1, -0.05) is 64.8 Å². The van der Waals surface area contributed by atoms with Crippen LogP contribution in [0.3, 0.4) is 0 Å². The Kier molecular flexibility index (Phi) is 10.0. The van der Waals surface area contributed by atoms with E-state index in [-0.39, 0.29) is 0 Å². The van der Waals surface area contributed by atoms with Crippen molar-refractivity contribution in [2.45, 2.75) is 91.9 Å². The Morgan fingerprint density at radius 3 is 2.41 bits per heavy atom. The molecule has 0 N–H and O–H groups in total. The highest BCUT2D eigenvalue weighted by Crippen LogP contribution is 2.28. The highest BCUT2D eigenvalue weighted by atomic mass is 16.5. The van der Waals surface area contributed by atoms with E-state index < -0.39 is 0 Å². The predicted octanol–water partition coefficient (Wildman–Crippen LogP) is 7.73. The van der Waals surface area contributed by atoms with E-state index in [1.807, 2.05) is 0 Å². The lowest BCUT2D eigenvalue weighted by molar-refractivity contribution is 0.177. The Bertz CT molecular complexity index is 540. The fourth-order valence-electron chi connectivity index (χ4n) is 4.21. The quantitative estimate of drug-likeness (QED) is 0.342. The minimum absolute atomic E-state index is 0.737. The van der Waals surface area contributed by atoms with Gasteiger partial charge in [0.05, 0.1) is 12.4 Å². The Balaban J connectivity index is 1.62. The van der Waals surface area contributed by atoms with Crippen molar-refractivity contribution in [3.63, 3.8) is 0 Å². The van der Waals surface area contributed by atoms with Crippen LogP contribution in [-0.2, 0) is 17.6 Å². The lowest BCUT2D eigenvalue weighted by atomic mass is 9.88. The van der Waals surface area contributed by atoms with E-state index in [1.165, 1.54) is 74.7 Å². The number of benzene rings is 1. The summed E-state index contributed by atoms with van der Waals surface area (Å²) in [4.78, 5) is 0. The first-order valence-electron chi connectivity index (χ1n) is 11.5. The number of hydrogen-bond donors (Lipinski definition) is 0. The monoisotopic (exact) mass is 370 g/mol. The van der Waals surface area contributed by atoms with Gasteiger partial charge in [0.2, 0.25) is 0 Å². The largest absolute Gasteiger partial charge is 0.498 e. The molecule has 2 unspecified atom stereocenters. The highest BCUT2D eigenvalue weighted by Gasteiger charge is 2.15. The molecule has 0 saturated heterocycles. The molecule has 0 radical (unpaired) electrons. The second kappa shape index (κ2) is 12.3. The molecule has 2 rings (SSSR count). The van der Waals surface area contributed by atoms with Gasteiger partial charge in [-0.15, -0.1) is 0 Å². The molecule has 0 heterocycles. The molecule has 0 saturated carbocycles. The fraction of sp³-hybridized carbons (Fsp3) is 0.692. The molecule has 0 fully saturated rings. The summed E-state index contributed by atoms with van der Waals surface area (Å²) in [6, 6.07) is 9.32. The first-order chi connectivity index (χ1) is 13.1. The smallest absolute Gasteiger partial charge is 0.0920 e. The summed E-state index contributed by atoms with van der Waals surface area (Å²) in [5.41, 5.74) is 2.97. The zero-order chi connectivity index (χ0) is 19.5. The maximum Gasteiger partial charge on any atom is 0.0920 e. The van der Waals surface area contributed by atoms with Crippen LogP contribution in [0.25, 0.3) is 0 Å². The minimum Gasteiger partial charge on any atom is -0.498 e. The van der Waals surface area contributed by atoms with Gasteiger partial charge < -0.3 is 4.74 Å². The van der Waals surface area contributed by atoms with E-state index in [9.17, 15) is 0 Å². The Labute approximate surface area is 168 Å². The molecule has 1 aromatic rings. The van der Waals surface area contributed by atoms with Gasteiger partial charge in [0.1, 0.15) is 0 Å². The van der Waals surface area contributed by atoms with Crippen molar-refractivity contribution in [3.8, 4) is 0 Å². The van der Waals surface area contributed by atoms with Crippen LogP contribution >= 0.6 is 0 Å². The predicted molar refractivity (Wildman–Crippen MR) is 118 cm³/mol. The van der Waals surface area contributed by atoms with E-state index in [0.29, 0.717) is 0 Å². The van der Waals surface area contributed by atoms with Gasteiger partial charge in [0, 0.05) is 6.42 Å². The molecular weight excluding hydrogens is 328 g/mol. The average molecular weight is 371 g/mol. The SMILES string of the molecule is CCCC(C)CCCOC1=CCC(CCc2ccc(CC(C)C)cc2)CC1. The van der Waals surface area contributed by atoms with Crippen LogP contribution in [-0.4, -0.2) is 6.61 Å². The number of allylic oxidation sites excluding steroid dienone is 2. The summed E-state index contributed by atoms with van der Waals surface area (Å²) in [6.07, 6.45) is 14.9. The van der Waals surface area contributed by atoms with E-state index >= 15 is 0 Å². The van der Waals surface area contributed by atoms with Gasteiger partial charge in [0.15, 0.2) is 0 Å². The summed E-state index contributed by atoms with van der Waals surface area (Å²) >= 11 is 0. The van der Waals surface area contributed by atoms with Gasteiger partial charge in [-0.2, -0.15) is 0 Å². The molecule has 0 aliphatic heterocycles. The second-order valence-electron chi connectivity index (χ2n) is 9.15. The third kappa shape index (κ3) is 9.00. The summed E-state index contributed by atoms with van der Waals surface area (Å²) in [6.45, 7) is 10.1. The Morgan fingerprint density at radius 1 is 1.04 bits per heavy atom. The Hall–Kier alpha value is -1.24. The van der Waals surface area contributed by atoms with Crippen molar-refractivity contribution in [2.75, 3.05) is 6.61 Å². The summed E-state index contributed by atoms with van der Waals surface area (Å²) in [7, 11) is 0. The third-order valence-electron chi connectivity index (χ3n) is 5.90. The molecule has 0 aromatic heterocycles. The molecule has 0 bridgehead atoms. The van der Waals surface area contributed by atoms with Crippen LogP contribution in [0.4, 0.5) is 0 Å². The van der Waals surface area contributed by atoms with Crippen LogP contribution in [0, 0.1) is 17.8 Å². The zero-order valence-electron chi connectivity index (χ0n) is 18.3. The number of rotatable bonds is 12. The van der Waals surface area contributed by atoms with Gasteiger partial charge in [-0.3, -0.25) is 0 Å². The molecule has 152 valence electrons. The van der Waals surface area contributed by atoms with Crippen molar-refractivity contribution in [1.29, 1.82) is 0 Å². The lowest BCUT2D eigenvalue weighted by Gasteiger charge is -2.22. The van der Waals surface area contributed by atoms with Crippen LogP contribution < -0.4 is 0 Å². The van der Waals surface area contributed by atoms with Crippen molar-refractivity contribution in [1.82, 2.24) is 0 Å². The van der Waals surface area contributed by atoms with Crippen molar-refractivity contribution in [2.24, 2.45) is 17.8 Å². The molecule has 1 nitrogen and oxygen atoms in total. The number of ether oxygens (including phenoxy) is 1. The van der Waals surface area contributed by atoms with E-state index in [4.69, 9.17) is 4.74 Å². The average Bonchev–Trinajstić information content (AvgIpc) is 2.65. The molecule has 27 heavy (non-hydrogen) atoms. The van der Waals surface area contributed by atoms with Crippen LogP contribution in [0.15, 0.2) is 36.1 Å². The molecule has 1 heteroatoms. The molecule has 0 amide bonds. The molecular formula is C26H42O. The maximum absolute atomic E-state index is 6.03. The molecule has 0 spiro atoms. The third-order valence-corrected chi connectivity index (χ3v) is 5.90. The van der Waals surface area contributed by atoms with E-state index in [1.54, 1.807) is 0 Å². The van der Waals surface area contributed by atoms with Crippen molar-refractivity contribution in [3.05, 3.63) is 47.2 Å². The second-order valence-corrected chi connectivity index (χ2v) is 9.15. The summed E-state index contributed by atoms with van der Waals surface area (Å²) in [5, 5.41) is 0. The van der Waals surface area contributed by atoms with E-state index in [2.05, 4.69) is 58.0 Å². The fourth-order valence-corrected chi connectivity index (χ4v) is 4.21. The molecule has 1 aliphatic rings. The van der Waals surface area contributed by atoms with Crippen molar-refractivity contribution < 1.29 is 4.74 Å². The highest BCUT2D eigenvalue weighted by molar-refractivity contribution is 5.23. The lowest BCUT2D eigenvalue weighted by Crippen LogP contribution is -2.09. The van der Waals surface area contributed by atoms with Gasteiger partial charge >= 0.3 is 0 Å². The molecule has 2 atom stereocenters. The standard InChI is InChI=1S/C26H42O/c1-5-7-22(4)8-6-19-27-26-17-15-24(16-18-26)10-9-23-11-13-25(14-12-23)20-21(2)3/h11-14,17,21-22,24H,5-10,15-16,18-20H2,1-4H3. The van der Waals surface area contributed by atoms with Gasteiger partial charge in [-0.05, 0) is 79.9 Å². The van der Waals surface area contributed by atoms with Crippen LogP contribution in [0.2, 0.25) is 0 Å². The van der Waals surface area contributed by atoms with Crippen LogP contribution in [0.5, 0.6) is 0 Å². The summed E-state index contributed by atoms with van der Waals surface area (Å²) < 4.78 is 6.03. The van der Waals surface area contributed by atoms with Crippen molar-refractivity contribution >= 4 is 0 Å². The maximum atomic E-state index is 6.03. The first-order valence-corrected chi connectivity index (χ1v) is 11.5.